The molecule has 4 aromatic rings. The molecule has 108 valence electrons. The smallest absolute Gasteiger partial charge is 0.137 e. The Morgan fingerprint density at radius 3 is 2.23 bits per heavy atom. The van der Waals surface area contributed by atoms with Crippen LogP contribution >= 0.6 is 0 Å². The summed E-state index contributed by atoms with van der Waals surface area (Å²) in [6.45, 7) is 6.38. The molecule has 0 unspecified atom stereocenters. The number of benzene rings is 2. The van der Waals surface area contributed by atoms with Gasteiger partial charge in [-0.15, -0.1) is 0 Å². The molecule has 2 heterocycles. The van der Waals surface area contributed by atoms with Crippen LogP contribution in [-0.4, -0.2) is 9.55 Å². The highest BCUT2D eigenvalue weighted by molar-refractivity contribution is 6.09. The third-order valence-corrected chi connectivity index (χ3v) is 4.21. The minimum atomic E-state index is 0.981. The second-order valence-electron chi connectivity index (χ2n) is 6.07. The van der Waals surface area contributed by atoms with Gasteiger partial charge in [-0.25, -0.2) is 4.98 Å². The molecule has 0 spiro atoms. The van der Waals surface area contributed by atoms with Crippen molar-refractivity contribution in [2.45, 2.75) is 20.8 Å². The highest BCUT2D eigenvalue weighted by Gasteiger charge is 2.13. The van der Waals surface area contributed by atoms with Crippen molar-refractivity contribution in [1.29, 1.82) is 0 Å². The summed E-state index contributed by atoms with van der Waals surface area (Å²) >= 11 is 0. The van der Waals surface area contributed by atoms with Gasteiger partial charge in [-0.3, -0.25) is 4.57 Å². The molecular weight excluding hydrogens is 268 g/mol. The molecule has 0 saturated carbocycles. The molecule has 0 N–H and O–H groups in total. The quantitative estimate of drug-likeness (QED) is 0.476. The van der Waals surface area contributed by atoms with Gasteiger partial charge in [0.2, 0.25) is 0 Å². The van der Waals surface area contributed by atoms with E-state index in [1.807, 2.05) is 12.3 Å². The molecule has 0 amide bonds. The minimum absolute atomic E-state index is 0.981. The summed E-state index contributed by atoms with van der Waals surface area (Å²) in [5.41, 5.74) is 6.20. The largest absolute Gasteiger partial charge is 0.294 e. The predicted molar refractivity (Wildman–Crippen MR) is 92.8 cm³/mol. The average molecular weight is 286 g/mol. The predicted octanol–water partition coefficient (Wildman–Crippen LogP) is 5.10. The maximum absolute atomic E-state index is 4.60. The molecule has 0 aliphatic carbocycles. The van der Waals surface area contributed by atoms with Crippen LogP contribution in [0.3, 0.4) is 0 Å². The van der Waals surface area contributed by atoms with Crippen molar-refractivity contribution in [2.24, 2.45) is 0 Å². The second-order valence-corrected chi connectivity index (χ2v) is 6.07. The number of hydrogen-bond donors (Lipinski definition) is 0. The number of pyridine rings is 1. The lowest BCUT2D eigenvalue weighted by Crippen LogP contribution is -1.97. The van der Waals surface area contributed by atoms with Gasteiger partial charge in [-0.2, -0.15) is 0 Å². The van der Waals surface area contributed by atoms with Crippen LogP contribution in [0.4, 0.5) is 0 Å². The zero-order valence-corrected chi connectivity index (χ0v) is 13.1. The van der Waals surface area contributed by atoms with Crippen molar-refractivity contribution < 1.29 is 0 Å². The molecule has 0 bridgehead atoms. The lowest BCUT2D eigenvalue weighted by molar-refractivity contribution is 1.07. The topological polar surface area (TPSA) is 17.8 Å². The number of rotatable bonds is 1. The zero-order valence-electron chi connectivity index (χ0n) is 13.1. The molecule has 0 atom stereocenters. The van der Waals surface area contributed by atoms with Gasteiger partial charge in [0.15, 0.2) is 0 Å². The van der Waals surface area contributed by atoms with Crippen LogP contribution in [0.15, 0.2) is 54.7 Å². The first-order valence-electron chi connectivity index (χ1n) is 7.58. The molecular formula is C20H18N2. The molecule has 0 radical (unpaired) electrons. The summed E-state index contributed by atoms with van der Waals surface area (Å²) in [6.07, 6.45) is 1.88. The Labute approximate surface area is 130 Å². The van der Waals surface area contributed by atoms with Gasteiger partial charge in [0, 0.05) is 17.0 Å². The van der Waals surface area contributed by atoms with E-state index in [4.69, 9.17) is 0 Å². The fraction of sp³-hybridized carbons (Fsp3) is 0.150. The van der Waals surface area contributed by atoms with E-state index >= 15 is 0 Å². The van der Waals surface area contributed by atoms with E-state index in [-0.39, 0.29) is 0 Å². The summed E-state index contributed by atoms with van der Waals surface area (Å²) < 4.78 is 2.27. The molecule has 2 aromatic carbocycles. The Hall–Kier alpha value is -2.61. The van der Waals surface area contributed by atoms with Gasteiger partial charge in [-0.05, 0) is 62.2 Å². The molecule has 2 heteroatoms. The molecule has 0 aliphatic rings. The fourth-order valence-electron chi connectivity index (χ4n) is 3.13. The van der Waals surface area contributed by atoms with Crippen molar-refractivity contribution in [3.8, 4) is 5.82 Å². The van der Waals surface area contributed by atoms with E-state index in [1.54, 1.807) is 0 Å². The fourth-order valence-corrected chi connectivity index (χ4v) is 3.13. The summed E-state index contributed by atoms with van der Waals surface area (Å²) in [7, 11) is 0. The van der Waals surface area contributed by atoms with Crippen molar-refractivity contribution in [3.63, 3.8) is 0 Å². The standard InChI is InChI=1S/C20H18N2/c1-13-5-7-18-17(10-13)16-6-4-14(2)11-19(16)22(18)20-12-15(3)8-9-21-20/h4-12H,1-3H3. The molecule has 0 fully saturated rings. The van der Waals surface area contributed by atoms with Crippen LogP contribution < -0.4 is 0 Å². The van der Waals surface area contributed by atoms with Crippen LogP contribution in [0.5, 0.6) is 0 Å². The summed E-state index contributed by atoms with van der Waals surface area (Å²) in [4.78, 5) is 4.60. The molecule has 22 heavy (non-hydrogen) atoms. The Morgan fingerprint density at radius 1 is 0.682 bits per heavy atom. The Morgan fingerprint density at radius 2 is 1.41 bits per heavy atom. The van der Waals surface area contributed by atoms with Crippen LogP contribution in [0.2, 0.25) is 0 Å². The Kier molecular flexibility index (Phi) is 2.80. The van der Waals surface area contributed by atoms with Crippen LogP contribution in [0.1, 0.15) is 16.7 Å². The van der Waals surface area contributed by atoms with Gasteiger partial charge in [0.25, 0.3) is 0 Å². The second kappa shape index (κ2) is 4.70. The summed E-state index contributed by atoms with van der Waals surface area (Å²) in [5.74, 6) is 0.981. The first kappa shape index (κ1) is 13.1. The monoisotopic (exact) mass is 286 g/mol. The van der Waals surface area contributed by atoms with Gasteiger partial charge < -0.3 is 0 Å². The zero-order chi connectivity index (χ0) is 15.3. The van der Waals surface area contributed by atoms with Gasteiger partial charge >= 0.3 is 0 Å². The van der Waals surface area contributed by atoms with Crippen molar-refractivity contribution in [2.75, 3.05) is 0 Å². The number of hydrogen-bond acceptors (Lipinski definition) is 1. The van der Waals surface area contributed by atoms with Gasteiger partial charge in [-0.1, -0.05) is 23.8 Å². The maximum atomic E-state index is 4.60. The van der Waals surface area contributed by atoms with E-state index in [1.165, 1.54) is 38.5 Å². The molecule has 0 aliphatic heterocycles. The molecule has 4 rings (SSSR count). The lowest BCUT2D eigenvalue weighted by Gasteiger charge is -2.07. The average Bonchev–Trinajstić information content (AvgIpc) is 2.80. The minimum Gasteiger partial charge on any atom is -0.294 e. The summed E-state index contributed by atoms with van der Waals surface area (Å²) in [5, 5.41) is 2.57. The Bertz CT molecular complexity index is 1010. The van der Waals surface area contributed by atoms with Crippen LogP contribution in [0, 0.1) is 20.8 Å². The van der Waals surface area contributed by atoms with Crippen molar-refractivity contribution in [3.05, 3.63) is 71.4 Å². The highest BCUT2D eigenvalue weighted by Crippen LogP contribution is 2.32. The summed E-state index contributed by atoms with van der Waals surface area (Å²) in [6, 6.07) is 17.4. The van der Waals surface area contributed by atoms with Crippen molar-refractivity contribution in [1.82, 2.24) is 9.55 Å². The first-order valence-corrected chi connectivity index (χ1v) is 7.58. The Balaban J connectivity index is 2.21. The molecule has 2 nitrogen and oxygen atoms in total. The van der Waals surface area contributed by atoms with E-state index in [9.17, 15) is 0 Å². The number of fused-ring (bicyclic) bond motifs is 3. The van der Waals surface area contributed by atoms with E-state index < -0.39 is 0 Å². The van der Waals surface area contributed by atoms with E-state index in [0.29, 0.717) is 0 Å². The van der Waals surface area contributed by atoms with Crippen molar-refractivity contribution >= 4 is 21.8 Å². The first-order chi connectivity index (χ1) is 10.6. The molecule has 0 saturated heterocycles. The SMILES string of the molecule is Cc1ccnc(-n2c3ccc(C)cc3c3ccc(C)cc32)c1. The molecule has 2 aromatic heterocycles. The highest BCUT2D eigenvalue weighted by atomic mass is 15.1. The number of aryl methyl sites for hydroxylation is 3. The van der Waals surface area contributed by atoms with Gasteiger partial charge in [0.05, 0.1) is 11.0 Å². The number of nitrogens with zero attached hydrogens (tertiary/aromatic N) is 2. The maximum Gasteiger partial charge on any atom is 0.137 e. The van der Waals surface area contributed by atoms with Crippen LogP contribution in [0.25, 0.3) is 27.6 Å². The lowest BCUT2D eigenvalue weighted by atomic mass is 10.1. The van der Waals surface area contributed by atoms with E-state index in [0.717, 1.165) is 5.82 Å². The van der Waals surface area contributed by atoms with Crippen LogP contribution in [-0.2, 0) is 0 Å². The number of aromatic nitrogens is 2. The normalized spacial score (nSPS) is 11.4. The van der Waals surface area contributed by atoms with Gasteiger partial charge in [0.1, 0.15) is 5.82 Å². The third-order valence-electron chi connectivity index (χ3n) is 4.21. The van der Waals surface area contributed by atoms with E-state index in [2.05, 4.69) is 72.8 Å². The third kappa shape index (κ3) is 1.92.